The molecule has 0 spiro atoms. The third-order valence-electron chi connectivity index (χ3n) is 4.75. The highest BCUT2D eigenvalue weighted by atomic mass is 16.5. The summed E-state index contributed by atoms with van der Waals surface area (Å²) < 4.78 is 5.40. The van der Waals surface area contributed by atoms with Crippen LogP contribution in [0.3, 0.4) is 0 Å². The van der Waals surface area contributed by atoms with Crippen molar-refractivity contribution in [2.75, 3.05) is 11.1 Å². The van der Waals surface area contributed by atoms with Gasteiger partial charge in [-0.2, -0.15) is 4.98 Å². The van der Waals surface area contributed by atoms with Crippen molar-refractivity contribution < 1.29 is 4.52 Å². The second kappa shape index (κ2) is 6.88. The van der Waals surface area contributed by atoms with E-state index < -0.39 is 0 Å². The molecule has 0 amide bonds. The number of pyridine rings is 1. The molecular formula is C20H21N7O. The normalized spacial score (nSPS) is 12.3. The minimum absolute atomic E-state index is 0.136. The van der Waals surface area contributed by atoms with Gasteiger partial charge in [-0.3, -0.25) is 0 Å². The topological polar surface area (TPSA) is 116 Å². The highest BCUT2D eigenvalue weighted by Crippen LogP contribution is 2.35. The number of aryl methyl sites for hydroxylation is 3. The molecule has 1 atom stereocenters. The summed E-state index contributed by atoms with van der Waals surface area (Å²) in [7, 11) is 0. The van der Waals surface area contributed by atoms with E-state index >= 15 is 0 Å². The highest BCUT2D eigenvalue weighted by Gasteiger charge is 2.22. The van der Waals surface area contributed by atoms with Gasteiger partial charge >= 0.3 is 0 Å². The van der Waals surface area contributed by atoms with E-state index in [-0.39, 0.29) is 12.0 Å². The van der Waals surface area contributed by atoms with E-state index in [1.165, 1.54) is 6.33 Å². The number of anilines is 2. The van der Waals surface area contributed by atoms with Crippen LogP contribution in [-0.2, 0) is 0 Å². The molecule has 8 heteroatoms. The number of nitrogens with two attached hydrogens (primary N) is 1. The van der Waals surface area contributed by atoms with Gasteiger partial charge in [-0.05, 0) is 39.3 Å². The van der Waals surface area contributed by atoms with Gasteiger partial charge in [-0.1, -0.05) is 23.4 Å². The first-order valence-corrected chi connectivity index (χ1v) is 8.98. The number of fused-ring (bicyclic) bond motifs is 1. The molecular weight excluding hydrogens is 354 g/mol. The maximum Gasteiger partial charge on any atom is 0.227 e. The second-order valence-corrected chi connectivity index (χ2v) is 6.81. The largest absolute Gasteiger partial charge is 0.368 e. The Morgan fingerprint density at radius 2 is 1.93 bits per heavy atom. The fourth-order valence-electron chi connectivity index (χ4n) is 3.36. The van der Waals surface area contributed by atoms with Crippen LogP contribution in [0.25, 0.3) is 22.2 Å². The summed E-state index contributed by atoms with van der Waals surface area (Å²) in [5.41, 5.74) is 11.3. The molecule has 0 saturated carbocycles. The average Bonchev–Trinajstić information content (AvgIpc) is 2.99. The minimum Gasteiger partial charge on any atom is -0.368 e. The Labute approximate surface area is 162 Å². The first-order valence-electron chi connectivity index (χ1n) is 8.98. The van der Waals surface area contributed by atoms with Gasteiger partial charge in [0, 0.05) is 10.9 Å². The van der Waals surface area contributed by atoms with E-state index in [1.807, 2.05) is 26.8 Å². The molecule has 0 aliphatic heterocycles. The van der Waals surface area contributed by atoms with Gasteiger partial charge in [0.15, 0.2) is 0 Å². The quantitative estimate of drug-likeness (QED) is 0.554. The lowest BCUT2D eigenvalue weighted by Gasteiger charge is -2.19. The number of nitrogen functional groups attached to an aromatic ring is 1. The maximum atomic E-state index is 5.68. The first kappa shape index (κ1) is 17.8. The summed E-state index contributed by atoms with van der Waals surface area (Å²) in [6, 6.07) is 8.15. The molecule has 0 aliphatic rings. The van der Waals surface area contributed by atoms with Crippen LogP contribution in [0.4, 0.5) is 11.9 Å². The Balaban J connectivity index is 1.89. The van der Waals surface area contributed by atoms with Crippen molar-refractivity contribution in [2.24, 2.45) is 0 Å². The molecule has 0 fully saturated rings. The van der Waals surface area contributed by atoms with Gasteiger partial charge in [0.05, 0.1) is 28.5 Å². The third kappa shape index (κ3) is 3.13. The van der Waals surface area contributed by atoms with Crippen molar-refractivity contribution in [1.82, 2.24) is 25.1 Å². The molecule has 3 N–H and O–H groups in total. The number of nitrogens with one attached hydrogen (secondary N) is 1. The van der Waals surface area contributed by atoms with Crippen LogP contribution >= 0.6 is 0 Å². The summed E-state index contributed by atoms with van der Waals surface area (Å²) in [4.78, 5) is 17.1. The molecule has 1 aromatic carbocycles. The van der Waals surface area contributed by atoms with Gasteiger partial charge in [0.2, 0.25) is 11.9 Å². The second-order valence-electron chi connectivity index (χ2n) is 6.81. The molecule has 3 heterocycles. The highest BCUT2D eigenvalue weighted by molar-refractivity contribution is 5.86. The van der Waals surface area contributed by atoms with Gasteiger partial charge in [0.25, 0.3) is 0 Å². The van der Waals surface area contributed by atoms with E-state index in [2.05, 4.69) is 50.5 Å². The zero-order valence-electron chi connectivity index (χ0n) is 16.2. The van der Waals surface area contributed by atoms with Gasteiger partial charge in [-0.25, -0.2) is 15.0 Å². The van der Waals surface area contributed by atoms with Crippen molar-refractivity contribution in [3.8, 4) is 11.3 Å². The van der Waals surface area contributed by atoms with Gasteiger partial charge < -0.3 is 15.6 Å². The fraction of sp³-hybridized carbons (Fsp3) is 0.250. The number of para-hydroxylation sites is 1. The van der Waals surface area contributed by atoms with Crippen molar-refractivity contribution in [3.63, 3.8) is 0 Å². The van der Waals surface area contributed by atoms with E-state index in [4.69, 9.17) is 15.2 Å². The van der Waals surface area contributed by atoms with E-state index in [0.717, 1.165) is 44.7 Å². The molecule has 0 radical (unpaired) electrons. The SMILES string of the molecule is Cc1noc(C)c1-c1nc2c(C)cccc2cc1C(C)Nc1ncnc(N)n1. The molecule has 142 valence electrons. The Bertz CT molecular complexity index is 1150. The fourth-order valence-corrected chi connectivity index (χ4v) is 3.36. The number of hydrogen-bond donors (Lipinski definition) is 2. The van der Waals surface area contributed by atoms with E-state index in [9.17, 15) is 0 Å². The molecule has 0 aliphatic carbocycles. The van der Waals surface area contributed by atoms with Crippen molar-refractivity contribution in [1.29, 1.82) is 0 Å². The molecule has 3 aromatic heterocycles. The molecule has 1 unspecified atom stereocenters. The van der Waals surface area contributed by atoms with Crippen LogP contribution in [0.15, 0.2) is 35.1 Å². The van der Waals surface area contributed by atoms with Gasteiger partial charge in [0.1, 0.15) is 12.1 Å². The molecule has 4 aromatic rings. The number of nitrogens with zero attached hydrogens (tertiary/aromatic N) is 5. The molecule has 0 saturated heterocycles. The standard InChI is InChI=1S/C20H21N7O/c1-10-6-5-7-14-8-15(11(2)24-20-23-9-22-19(21)26-20)18(25-17(10)14)16-12(3)27-28-13(16)4/h5-9,11H,1-4H3,(H3,21,22,23,24,26). The summed E-state index contributed by atoms with van der Waals surface area (Å²) in [5.74, 6) is 1.31. The van der Waals surface area contributed by atoms with Crippen molar-refractivity contribution >= 4 is 22.8 Å². The summed E-state index contributed by atoms with van der Waals surface area (Å²) in [6.07, 6.45) is 1.38. The number of hydrogen-bond acceptors (Lipinski definition) is 8. The first-order chi connectivity index (χ1) is 13.4. The van der Waals surface area contributed by atoms with Crippen molar-refractivity contribution in [3.05, 3.63) is 53.2 Å². The predicted molar refractivity (Wildman–Crippen MR) is 108 cm³/mol. The Kier molecular flexibility index (Phi) is 4.38. The van der Waals surface area contributed by atoms with Gasteiger partial charge in [-0.15, -0.1) is 0 Å². The average molecular weight is 375 g/mol. The third-order valence-corrected chi connectivity index (χ3v) is 4.75. The lowest BCUT2D eigenvalue weighted by Crippen LogP contribution is -2.13. The Morgan fingerprint density at radius 1 is 1.11 bits per heavy atom. The van der Waals surface area contributed by atoms with Crippen LogP contribution in [0.5, 0.6) is 0 Å². The maximum absolute atomic E-state index is 5.68. The summed E-state index contributed by atoms with van der Waals surface area (Å²) in [5, 5.41) is 8.46. The molecule has 8 nitrogen and oxygen atoms in total. The molecule has 4 rings (SSSR count). The van der Waals surface area contributed by atoms with Crippen LogP contribution < -0.4 is 11.1 Å². The number of rotatable bonds is 4. The van der Waals surface area contributed by atoms with E-state index in [1.54, 1.807) is 0 Å². The lowest BCUT2D eigenvalue weighted by atomic mass is 9.97. The lowest BCUT2D eigenvalue weighted by molar-refractivity contribution is 0.393. The van der Waals surface area contributed by atoms with Crippen molar-refractivity contribution in [2.45, 2.75) is 33.7 Å². The number of benzene rings is 1. The zero-order chi connectivity index (χ0) is 19.8. The Hall–Kier alpha value is -3.55. The Morgan fingerprint density at radius 3 is 2.64 bits per heavy atom. The molecule has 0 bridgehead atoms. The van der Waals surface area contributed by atoms with Crippen LogP contribution in [0.2, 0.25) is 0 Å². The van der Waals surface area contributed by atoms with Crippen LogP contribution in [0, 0.1) is 20.8 Å². The van der Waals surface area contributed by atoms with Crippen LogP contribution in [0.1, 0.15) is 35.5 Å². The smallest absolute Gasteiger partial charge is 0.227 e. The molecule has 28 heavy (non-hydrogen) atoms. The van der Waals surface area contributed by atoms with Crippen LogP contribution in [-0.4, -0.2) is 25.1 Å². The monoisotopic (exact) mass is 375 g/mol. The summed E-state index contributed by atoms with van der Waals surface area (Å²) >= 11 is 0. The summed E-state index contributed by atoms with van der Waals surface area (Å²) in [6.45, 7) is 7.90. The number of aromatic nitrogens is 5. The van der Waals surface area contributed by atoms with E-state index in [0.29, 0.717) is 5.95 Å². The zero-order valence-corrected chi connectivity index (χ0v) is 16.2. The minimum atomic E-state index is -0.136. The predicted octanol–water partition coefficient (Wildman–Crippen LogP) is 3.76.